The maximum absolute atomic E-state index is 8.73. The third kappa shape index (κ3) is 2.16. The number of nitrogens with zero attached hydrogens (tertiary/aromatic N) is 3. The number of anilines is 1. The minimum atomic E-state index is 0.779. The summed E-state index contributed by atoms with van der Waals surface area (Å²) in [7, 11) is 0. The van der Waals surface area contributed by atoms with Gasteiger partial charge in [-0.05, 0) is 12.1 Å². The number of halogens is 1. The lowest BCUT2D eigenvalue weighted by atomic mass is 10.2. The molecule has 0 aliphatic carbocycles. The van der Waals surface area contributed by atoms with Crippen molar-refractivity contribution in [3.05, 3.63) is 29.3 Å². The summed E-state index contributed by atoms with van der Waals surface area (Å²) in [5, 5.41) is 9.51. The number of hydrogen-bond donors (Lipinski definition) is 0. The Labute approximate surface area is 94.5 Å². The highest BCUT2D eigenvalue weighted by atomic mass is 35.5. The zero-order valence-electron chi connectivity index (χ0n) is 8.36. The van der Waals surface area contributed by atoms with Gasteiger partial charge in [-0.2, -0.15) is 5.26 Å². The molecule has 3 nitrogen and oxygen atoms in total. The van der Waals surface area contributed by atoms with Crippen LogP contribution in [0.2, 0.25) is 5.02 Å². The zero-order valence-corrected chi connectivity index (χ0v) is 9.11. The van der Waals surface area contributed by atoms with E-state index in [1.54, 1.807) is 4.90 Å². The first-order chi connectivity index (χ1) is 7.31. The van der Waals surface area contributed by atoms with Gasteiger partial charge in [0.2, 0.25) is 0 Å². The molecule has 1 aromatic carbocycles. The number of nitriles is 1. The van der Waals surface area contributed by atoms with Gasteiger partial charge in [-0.3, -0.25) is 0 Å². The van der Waals surface area contributed by atoms with Crippen LogP contribution in [0.4, 0.5) is 5.69 Å². The van der Waals surface area contributed by atoms with E-state index in [9.17, 15) is 0 Å². The van der Waals surface area contributed by atoms with E-state index in [1.165, 1.54) is 0 Å². The van der Waals surface area contributed by atoms with Crippen LogP contribution in [-0.4, -0.2) is 31.1 Å². The number of rotatable bonds is 1. The number of benzene rings is 1. The van der Waals surface area contributed by atoms with Crippen molar-refractivity contribution in [2.45, 2.75) is 0 Å². The second-order valence-electron chi connectivity index (χ2n) is 3.53. The smallest absolute Gasteiger partial charge is 0.179 e. The highest BCUT2D eigenvalue weighted by Gasteiger charge is 2.17. The average molecular weight is 222 g/mol. The molecule has 0 spiro atoms. The topological polar surface area (TPSA) is 30.3 Å². The van der Waals surface area contributed by atoms with Gasteiger partial charge >= 0.3 is 0 Å². The lowest BCUT2D eigenvalue weighted by Gasteiger charge is -2.33. The molecule has 1 fully saturated rings. The Kier molecular flexibility index (Phi) is 2.98. The molecule has 1 aliphatic rings. The van der Waals surface area contributed by atoms with E-state index >= 15 is 0 Å². The van der Waals surface area contributed by atoms with Gasteiger partial charge in [0.1, 0.15) is 0 Å². The molecule has 1 aliphatic heterocycles. The van der Waals surface area contributed by atoms with Crippen molar-refractivity contribution in [2.75, 3.05) is 31.1 Å². The van der Waals surface area contributed by atoms with E-state index in [0.717, 1.165) is 36.9 Å². The molecule has 78 valence electrons. The summed E-state index contributed by atoms with van der Waals surface area (Å²) in [5.74, 6) is 0. The Morgan fingerprint density at radius 2 is 1.80 bits per heavy atom. The molecule has 0 radical (unpaired) electrons. The van der Waals surface area contributed by atoms with E-state index in [-0.39, 0.29) is 0 Å². The van der Waals surface area contributed by atoms with E-state index in [1.807, 2.05) is 24.3 Å². The highest BCUT2D eigenvalue weighted by Crippen LogP contribution is 2.25. The summed E-state index contributed by atoms with van der Waals surface area (Å²) >= 11 is 6.11. The zero-order chi connectivity index (χ0) is 10.7. The van der Waals surface area contributed by atoms with Crippen LogP contribution in [0.15, 0.2) is 24.3 Å². The minimum Gasteiger partial charge on any atom is -0.367 e. The van der Waals surface area contributed by atoms with E-state index in [4.69, 9.17) is 16.9 Å². The average Bonchev–Trinajstić information content (AvgIpc) is 2.30. The largest absolute Gasteiger partial charge is 0.367 e. The van der Waals surface area contributed by atoms with Gasteiger partial charge in [-0.15, -0.1) is 0 Å². The predicted molar refractivity (Wildman–Crippen MR) is 60.9 cm³/mol. The van der Waals surface area contributed by atoms with Crippen molar-refractivity contribution in [3.63, 3.8) is 0 Å². The fourth-order valence-corrected chi connectivity index (χ4v) is 2.01. The molecule has 0 unspecified atom stereocenters. The van der Waals surface area contributed by atoms with Crippen LogP contribution >= 0.6 is 11.6 Å². The van der Waals surface area contributed by atoms with Gasteiger partial charge in [-0.25, -0.2) is 0 Å². The maximum atomic E-state index is 8.73. The maximum Gasteiger partial charge on any atom is 0.179 e. The molecule has 2 rings (SSSR count). The fourth-order valence-electron chi connectivity index (χ4n) is 1.76. The van der Waals surface area contributed by atoms with E-state index < -0.39 is 0 Å². The summed E-state index contributed by atoms with van der Waals surface area (Å²) < 4.78 is 0. The number of hydrogen-bond acceptors (Lipinski definition) is 3. The summed E-state index contributed by atoms with van der Waals surface area (Å²) in [6.45, 7) is 3.28. The first-order valence-electron chi connectivity index (χ1n) is 4.95. The van der Waals surface area contributed by atoms with Crippen molar-refractivity contribution in [3.8, 4) is 6.19 Å². The molecule has 15 heavy (non-hydrogen) atoms. The lowest BCUT2D eigenvalue weighted by Crippen LogP contribution is -2.44. The lowest BCUT2D eigenvalue weighted by molar-refractivity contribution is 0.363. The molecule has 1 aromatic rings. The molecular formula is C11H12ClN3. The van der Waals surface area contributed by atoms with Gasteiger partial charge < -0.3 is 9.80 Å². The third-order valence-corrected chi connectivity index (χ3v) is 2.93. The van der Waals surface area contributed by atoms with Crippen molar-refractivity contribution in [2.24, 2.45) is 0 Å². The van der Waals surface area contributed by atoms with E-state index in [2.05, 4.69) is 11.1 Å². The predicted octanol–water partition coefficient (Wildman–Crippen LogP) is 1.94. The minimum absolute atomic E-state index is 0.779. The molecule has 0 atom stereocenters. The van der Waals surface area contributed by atoms with Crippen LogP contribution in [0.25, 0.3) is 0 Å². The second kappa shape index (κ2) is 4.41. The third-order valence-electron chi connectivity index (χ3n) is 2.61. The Morgan fingerprint density at radius 1 is 1.13 bits per heavy atom. The first kappa shape index (κ1) is 10.1. The van der Waals surface area contributed by atoms with Crippen LogP contribution in [0, 0.1) is 11.5 Å². The summed E-state index contributed by atoms with van der Waals surface area (Å²) in [6, 6.07) is 7.83. The van der Waals surface area contributed by atoms with Gasteiger partial charge in [0, 0.05) is 26.2 Å². The van der Waals surface area contributed by atoms with Crippen LogP contribution in [0.3, 0.4) is 0 Å². The summed E-state index contributed by atoms with van der Waals surface area (Å²) in [4.78, 5) is 3.99. The van der Waals surface area contributed by atoms with Crippen molar-refractivity contribution >= 4 is 17.3 Å². The molecular weight excluding hydrogens is 210 g/mol. The Bertz CT molecular complexity index is 378. The van der Waals surface area contributed by atoms with Gasteiger partial charge in [0.25, 0.3) is 0 Å². The SMILES string of the molecule is N#CN1CCN(c2ccccc2Cl)CC1. The molecule has 1 saturated heterocycles. The molecule has 0 N–H and O–H groups in total. The van der Waals surface area contributed by atoms with Gasteiger partial charge in [-0.1, -0.05) is 23.7 Å². The monoisotopic (exact) mass is 221 g/mol. The van der Waals surface area contributed by atoms with Gasteiger partial charge in [0.05, 0.1) is 10.7 Å². The summed E-state index contributed by atoms with van der Waals surface area (Å²) in [6.07, 6.45) is 2.16. The molecule has 1 heterocycles. The second-order valence-corrected chi connectivity index (χ2v) is 3.93. The first-order valence-corrected chi connectivity index (χ1v) is 5.33. The van der Waals surface area contributed by atoms with Crippen molar-refractivity contribution < 1.29 is 0 Å². The van der Waals surface area contributed by atoms with Crippen LogP contribution in [-0.2, 0) is 0 Å². The summed E-state index contributed by atoms with van der Waals surface area (Å²) in [5.41, 5.74) is 1.07. The normalized spacial score (nSPS) is 16.3. The Morgan fingerprint density at radius 3 is 2.40 bits per heavy atom. The van der Waals surface area contributed by atoms with Crippen LogP contribution < -0.4 is 4.90 Å². The van der Waals surface area contributed by atoms with Crippen molar-refractivity contribution in [1.82, 2.24) is 4.90 Å². The Balaban J connectivity index is 2.08. The van der Waals surface area contributed by atoms with Crippen molar-refractivity contribution in [1.29, 1.82) is 5.26 Å². The van der Waals surface area contributed by atoms with E-state index in [0.29, 0.717) is 0 Å². The number of piperazine rings is 1. The van der Waals surface area contributed by atoms with Crippen LogP contribution in [0.1, 0.15) is 0 Å². The van der Waals surface area contributed by atoms with Gasteiger partial charge in [0.15, 0.2) is 6.19 Å². The molecule has 0 aromatic heterocycles. The molecule has 0 saturated carbocycles. The highest BCUT2D eigenvalue weighted by molar-refractivity contribution is 6.33. The van der Waals surface area contributed by atoms with Crippen LogP contribution in [0.5, 0.6) is 0 Å². The quantitative estimate of drug-likeness (QED) is 0.679. The molecule has 0 bridgehead atoms. The number of para-hydroxylation sites is 1. The Hall–Kier alpha value is -1.40. The molecule has 4 heteroatoms. The standard InChI is InChI=1S/C11H12ClN3/c12-10-3-1-2-4-11(10)15-7-5-14(9-13)6-8-15/h1-4H,5-8H2. The fraction of sp³-hybridized carbons (Fsp3) is 0.364. The molecule has 0 amide bonds.